The van der Waals surface area contributed by atoms with Gasteiger partial charge in [0.2, 0.25) is 5.95 Å². The summed E-state index contributed by atoms with van der Waals surface area (Å²) in [5.74, 6) is 1.64. The van der Waals surface area contributed by atoms with Gasteiger partial charge in [-0.3, -0.25) is 0 Å². The summed E-state index contributed by atoms with van der Waals surface area (Å²) in [6.07, 6.45) is 1.04. The molecule has 1 aromatic heterocycles. The Morgan fingerprint density at radius 3 is 2.64 bits per heavy atom. The smallest absolute Gasteiger partial charge is 0.232 e. The van der Waals surface area contributed by atoms with Crippen LogP contribution >= 0.6 is 0 Å². The predicted octanol–water partition coefficient (Wildman–Crippen LogP) is 4.40. The molecule has 0 unspecified atom stereocenters. The Morgan fingerprint density at radius 1 is 1.00 bits per heavy atom. The summed E-state index contributed by atoms with van der Waals surface area (Å²) in [6, 6.07) is 19.1. The molecule has 4 nitrogen and oxygen atoms in total. The largest absolute Gasteiger partial charge is 0.366 e. The maximum atomic E-state index is 4.75. The highest BCUT2D eigenvalue weighted by Crippen LogP contribution is 2.32. The molecule has 0 amide bonds. The van der Waals surface area contributed by atoms with Crippen molar-refractivity contribution in [3.05, 3.63) is 77.0 Å². The van der Waals surface area contributed by atoms with Crippen molar-refractivity contribution in [2.24, 2.45) is 0 Å². The third-order valence-electron chi connectivity index (χ3n) is 4.57. The van der Waals surface area contributed by atoms with Gasteiger partial charge in [-0.25, -0.2) is 4.98 Å². The number of para-hydroxylation sites is 1. The fourth-order valence-electron chi connectivity index (χ4n) is 3.21. The molecule has 25 heavy (non-hydrogen) atoms. The topological polar surface area (TPSA) is 41.1 Å². The second-order valence-corrected chi connectivity index (χ2v) is 6.56. The third-order valence-corrected chi connectivity index (χ3v) is 4.57. The molecular formula is C21H22N4. The monoisotopic (exact) mass is 330 g/mol. The summed E-state index contributed by atoms with van der Waals surface area (Å²) in [5, 5.41) is 3.43. The van der Waals surface area contributed by atoms with Crippen LogP contribution in [0.15, 0.2) is 54.6 Å². The molecule has 126 valence electrons. The molecule has 4 rings (SSSR count). The minimum Gasteiger partial charge on any atom is -0.366 e. The number of nitrogens with one attached hydrogen (secondary N) is 1. The van der Waals surface area contributed by atoms with Crippen molar-refractivity contribution in [1.82, 2.24) is 9.97 Å². The zero-order chi connectivity index (χ0) is 17.2. The van der Waals surface area contributed by atoms with Gasteiger partial charge in [-0.2, -0.15) is 4.98 Å². The van der Waals surface area contributed by atoms with Gasteiger partial charge in [0.15, 0.2) is 0 Å². The molecule has 0 aliphatic carbocycles. The molecule has 4 heteroatoms. The number of nitrogens with zero attached hydrogens (tertiary/aromatic N) is 3. The Labute approximate surface area is 148 Å². The average molecular weight is 330 g/mol. The third kappa shape index (κ3) is 3.33. The van der Waals surface area contributed by atoms with Crippen LogP contribution in [-0.2, 0) is 13.0 Å². The molecule has 0 atom stereocenters. The van der Waals surface area contributed by atoms with Crippen LogP contribution < -0.4 is 10.2 Å². The molecule has 0 fully saturated rings. The fraction of sp³-hybridized carbons (Fsp3) is 0.238. The first-order valence-electron chi connectivity index (χ1n) is 8.69. The van der Waals surface area contributed by atoms with Crippen molar-refractivity contribution in [2.45, 2.75) is 26.8 Å². The highest BCUT2D eigenvalue weighted by Gasteiger charge is 2.22. The van der Waals surface area contributed by atoms with Crippen molar-refractivity contribution < 1.29 is 0 Å². The van der Waals surface area contributed by atoms with E-state index < -0.39 is 0 Å². The molecular weight excluding hydrogens is 308 g/mol. The summed E-state index contributed by atoms with van der Waals surface area (Å²) in [4.78, 5) is 11.6. The molecule has 3 aromatic rings. The molecule has 0 saturated heterocycles. The van der Waals surface area contributed by atoms with Crippen LogP contribution in [0.2, 0.25) is 0 Å². The summed E-state index contributed by atoms with van der Waals surface area (Å²) < 4.78 is 0. The van der Waals surface area contributed by atoms with E-state index in [9.17, 15) is 0 Å². The Morgan fingerprint density at radius 2 is 1.80 bits per heavy atom. The van der Waals surface area contributed by atoms with Gasteiger partial charge in [-0.05, 0) is 37.5 Å². The lowest BCUT2D eigenvalue weighted by Gasteiger charge is -2.18. The summed E-state index contributed by atoms with van der Waals surface area (Å²) in [5.41, 5.74) is 6.08. The molecule has 1 N–H and O–H groups in total. The first-order valence-corrected chi connectivity index (χ1v) is 8.69. The van der Waals surface area contributed by atoms with Gasteiger partial charge in [0.25, 0.3) is 0 Å². The van der Waals surface area contributed by atoms with Crippen LogP contribution in [-0.4, -0.2) is 16.5 Å². The van der Waals surface area contributed by atoms with Crippen LogP contribution in [0.3, 0.4) is 0 Å². The first-order chi connectivity index (χ1) is 12.2. The van der Waals surface area contributed by atoms with E-state index in [1.54, 1.807) is 0 Å². The molecule has 1 aliphatic rings. The lowest BCUT2D eigenvalue weighted by molar-refractivity contribution is 0.926. The Hall–Kier alpha value is -2.88. The van der Waals surface area contributed by atoms with Gasteiger partial charge < -0.3 is 10.2 Å². The van der Waals surface area contributed by atoms with Gasteiger partial charge in [-0.1, -0.05) is 48.0 Å². The maximum Gasteiger partial charge on any atom is 0.232 e. The van der Waals surface area contributed by atoms with E-state index in [2.05, 4.69) is 70.7 Å². The van der Waals surface area contributed by atoms with Crippen molar-refractivity contribution in [3.63, 3.8) is 0 Å². The van der Waals surface area contributed by atoms with E-state index in [0.717, 1.165) is 37.0 Å². The van der Waals surface area contributed by atoms with Gasteiger partial charge in [0.05, 0.1) is 0 Å². The molecule has 0 spiro atoms. The molecule has 0 saturated carbocycles. The summed E-state index contributed by atoms with van der Waals surface area (Å²) in [6.45, 7) is 5.81. The molecule has 2 aromatic carbocycles. The Balaban J connectivity index is 1.56. The van der Waals surface area contributed by atoms with E-state index in [-0.39, 0.29) is 0 Å². The second-order valence-electron chi connectivity index (χ2n) is 6.56. The summed E-state index contributed by atoms with van der Waals surface area (Å²) in [7, 11) is 0. The number of hydrogen-bond acceptors (Lipinski definition) is 4. The lowest BCUT2D eigenvalue weighted by atomic mass is 10.1. The number of aromatic nitrogens is 2. The number of fused-ring (bicyclic) bond motifs is 1. The Kier molecular flexibility index (Phi) is 4.10. The number of aryl methyl sites for hydroxylation is 2. The molecule has 0 radical (unpaired) electrons. The summed E-state index contributed by atoms with van der Waals surface area (Å²) >= 11 is 0. The molecule has 2 heterocycles. The maximum absolute atomic E-state index is 4.75. The van der Waals surface area contributed by atoms with Crippen LogP contribution in [0.4, 0.5) is 17.5 Å². The number of benzene rings is 2. The van der Waals surface area contributed by atoms with E-state index in [1.165, 1.54) is 22.4 Å². The van der Waals surface area contributed by atoms with E-state index in [0.29, 0.717) is 0 Å². The van der Waals surface area contributed by atoms with Crippen LogP contribution in [0.1, 0.15) is 22.4 Å². The van der Waals surface area contributed by atoms with Crippen molar-refractivity contribution >= 4 is 17.5 Å². The van der Waals surface area contributed by atoms with Crippen molar-refractivity contribution in [1.29, 1.82) is 0 Å². The minimum absolute atomic E-state index is 0.757. The van der Waals surface area contributed by atoms with Crippen LogP contribution in [0.5, 0.6) is 0 Å². The minimum atomic E-state index is 0.757. The number of anilines is 3. The van der Waals surface area contributed by atoms with Crippen molar-refractivity contribution in [3.8, 4) is 0 Å². The zero-order valence-electron chi connectivity index (χ0n) is 14.7. The van der Waals surface area contributed by atoms with Gasteiger partial charge in [-0.15, -0.1) is 0 Å². The molecule has 0 bridgehead atoms. The van der Waals surface area contributed by atoms with Gasteiger partial charge in [0, 0.05) is 30.5 Å². The highest BCUT2D eigenvalue weighted by atomic mass is 15.3. The Bertz CT molecular complexity index is 887. The van der Waals surface area contributed by atoms with E-state index >= 15 is 0 Å². The second kappa shape index (κ2) is 6.55. The molecule has 1 aliphatic heterocycles. The standard InChI is InChI=1S/C21H22N4/c1-15-7-9-17(10-8-15)14-22-20-13-16(2)23-21(24-20)25-12-11-18-5-3-4-6-19(18)25/h3-10,13H,11-12,14H2,1-2H3,(H,22,23,24). The predicted molar refractivity (Wildman–Crippen MR) is 102 cm³/mol. The van der Waals surface area contributed by atoms with Gasteiger partial charge >= 0.3 is 0 Å². The van der Waals surface area contributed by atoms with Crippen LogP contribution in [0.25, 0.3) is 0 Å². The van der Waals surface area contributed by atoms with Crippen molar-refractivity contribution in [2.75, 3.05) is 16.8 Å². The van der Waals surface area contributed by atoms with E-state index in [1.807, 2.05) is 13.0 Å². The highest BCUT2D eigenvalue weighted by molar-refractivity contribution is 5.66. The number of rotatable bonds is 4. The normalized spacial score (nSPS) is 13.0. The SMILES string of the molecule is Cc1ccc(CNc2cc(C)nc(N3CCc4ccccc43)n2)cc1. The quantitative estimate of drug-likeness (QED) is 0.770. The lowest BCUT2D eigenvalue weighted by Crippen LogP contribution is -2.17. The van der Waals surface area contributed by atoms with Crippen LogP contribution in [0, 0.1) is 13.8 Å². The first kappa shape index (κ1) is 15.6. The zero-order valence-corrected chi connectivity index (χ0v) is 14.7. The van der Waals surface area contributed by atoms with Gasteiger partial charge in [0.1, 0.15) is 5.82 Å². The van der Waals surface area contributed by atoms with E-state index in [4.69, 9.17) is 4.98 Å². The fourth-order valence-corrected chi connectivity index (χ4v) is 3.21. The number of hydrogen-bond donors (Lipinski definition) is 1. The average Bonchev–Trinajstić information content (AvgIpc) is 3.05.